The number of nitrogens with one attached hydrogen (secondary N) is 1. The second-order valence-corrected chi connectivity index (χ2v) is 3.67. The van der Waals surface area contributed by atoms with Crippen LogP contribution in [0.4, 0.5) is 5.69 Å². The van der Waals surface area contributed by atoms with Crippen LogP contribution in [0.15, 0.2) is 24.4 Å². The first kappa shape index (κ1) is 12.0. The first-order chi connectivity index (χ1) is 7.52. The van der Waals surface area contributed by atoms with Crippen LogP contribution in [0.1, 0.15) is 13.8 Å². The van der Waals surface area contributed by atoms with E-state index in [1.807, 2.05) is 18.2 Å². The normalized spacial score (nSPS) is 9.94. The van der Waals surface area contributed by atoms with Crippen molar-refractivity contribution in [1.29, 1.82) is 0 Å². The van der Waals surface area contributed by atoms with Gasteiger partial charge in [-0.15, -0.1) is 0 Å². The van der Waals surface area contributed by atoms with Crippen LogP contribution >= 0.6 is 0 Å². The molecule has 2 rings (SSSR count). The van der Waals surface area contributed by atoms with Crippen LogP contribution in [0.2, 0.25) is 0 Å². The maximum Gasteiger partial charge on any atom is 0.305 e. The molecule has 1 heterocycles. The van der Waals surface area contributed by atoms with E-state index in [1.165, 1.54) is 0 Å². The number of nitrogens with two attached hydrogens (primary N) is 1. The molecule has 0 aliphatic rings. The van der Waals surface area contributed by atoms with E-state index >= 15 is 0 Å². The highest BCUT2D eigenvalue weighted by Gasteiger charge is 1.99. The second kappa shape index (κ2) is 5.16. The number of hydrogen-bond donors (Lipinski definition) is 3. The topological polar surface area (TPSA) is 92.0 Å². The summed E-state index contributed by atoms with van der Waals surface area (Å²) >= 11 is 0. The maximum absolute atomic E-state index is 9.70. The number of nitrogens with zero attached hydrogens (tertiary/aromatic N) is 1. The Morgan fingerprint density at radius 3 is 2.62 bits per heavy atom. The Balaban J connectivity index is 0.000000187. The molecule has 0 atom stereocenters. The highest BCUT2D eigenvalue weighted by Crippen LogP contribution is 2.16. The molecule has 0 aliphatic heterocycles. The first-order valence-corrected chi connectivity index (χ1v) is 4.92. The van der Waals surface area contributed by atoms with Crippen molar-refractivity contribution in [2.75, 3.05) is 5.73 Å². The molecule has 0 aliphatic carbocycles. The smallest absolute Gasteiger partial charge is 0.305 e. The molecule has 1 aromatic carbocycles. The number of carbonyl (C=O) groups is 1. The zero-order valence-electron chi connectivity index (χ0n) is 9.27. The number of H-pyrrole nitrogens is 1. The minimum Gasteiger partial charge on any atom is -0.481 e. The molecule has 16 heavy (non-hydrogen) atoms. The highest BCUT2D eigenvalue weighted by molar-refractivity contribution is 5.89. The highest BCUT2D eigenvalue weighted by atomic mass is 16.4. The van der Waals surface area contributed by atoms with Crippen LogP contribution in [-0.4, -0.2) is 21.3 Å². The number of aromatic nitrogens is 2. The fraction of sp³-hybridized carbons (Fsp3) is 0.273. The van der Waals surface area contributed by atoms with Crippen LogP contribution in [0.3, 0.4) is 0 Å². The lowest BCUT2D eigenvalue weighted by Gasteiger charge is -1.91. The van der Waals surface area contributed by atoms with Gasteiger partial charge >= 0.3 is 5.97 Å². The van der Waals surface area contributed by atoms with E-state index in [0.717, 1.165) is 16.6 Å². The lowest BCUT2D eigenvalue weighted by atomic mass is 10.2. The fourth-order valence-electron chi connectivity index (χ4n) is 0.991. The van der Waals surface area contributed by atoms with E-state index in [9.17, 15) is 4.79 Å². The van der Waals surface area contributed by atoms with Crippen molar-refractivity contribution in [1.82, 2.24) is 10.2 Å². The summed E-state index contributed by atoms with van der Waals surface area (Å²) in [6.45, 7) is 3.28. The standard InChI is InChI=1S/C7H7N3.C4H8O2/c8-6-2-1-3-7-5(6)4-9-10-7;1-3(2)4(5)6/h1-4H,8H2,(H,9,10);3H,1-2H3,(H,5,6). The Bertz CT molecular complexity index is 477. The molecule has 4 N–H and O–H groups in total. The molecule has 0 bridgehead atoms. The Hall–Kier alpha value is -2.04. The van der Waals surface area contributed by atoms with Crippen LogP contribution in [0.25, 0.3) is 10.9 Å². The van der Waals surface area contributed by atoms with Crippen LogP contribution in [0.5, 0.6) is 0 Å². The third-order valence-corrected chi connectivity index (χ3v) is 2.01. The summed E-state index contributed by atoms with van der Waals surface area (Å²) < 4.78 is 0. The van der Waals surface area contributed by atoms with Crippen molar-refractivity contribution in [2.24, 2.45) is 5.92 Å². The van der Waals surface area contributed by atoms with E-state index in [1.54, 1.807) is 20.0 Å². The third kappa shape index (κ3) is 2.98. The number of nitrogen functional groups attached to an aromatic ring is 1. The lowest BCUT2D eigenvalue weighted by Crippen LogP contribution is -2.03. The fourth-order valence-corrected chi connectivity index (χ4v) is 0.991. The predicted molar refractivity (Wildman–Crippen MR) is 63.0 cm³/mol. The summed E-state index contributed by atoms with van der Waals surface area (Å²) in [6, 6.07) is 5.70. The van der Waals surface area contributed by atoms with Gasteiger partial charge < -0.3 is 10.8 Å². The number of fused-ring (bicyclic) bond motifs is 1. The molecule has 1 aromatic heterocycles. The molecule has 5 nitrogen and oxygen atoms in total. The molecule has 0 unspecified atom stereocenters. The monoisotopic (exact) mass is 221 g/mol. The van der Waals surface area contributed by atoms with Gasteiger partial charge in [-0.1, -0.05) is 19.9 Å². The number of carboxylic acid groups (broad SMARTS) is 1. The maximum atomic E-state index is 9.70. The predicted octanol–water partition coefficient (Wildman–Crippen LogP) is 1.87. The number of benzene rings is 1. The summed E-state index contributed by atoms with van der Waals surface area (Å²) in [6.07, 6.45) is 1.73. The van der Waals surface area contributed by atoms with Crippen LogP contribution in [0, 0.1) is 5.92 Å². The average Bonchev–Trinajstić information content (AvgIpc) is 2.68. The quantitative estimate of drug-likeness (QED) is 0.641. The van der Waals surface area contributed by atoms with Gasteiger partial charge in [-0.2, -0.15) is 5.10 Å². The minimum atomic E-state index is -0.741. The number of anilines is 1. The van der Waals surface area contributed by atoms with E-state index in [-0.39, 0.29) is 5.92 Å². The molecule has 0 fully saturated rings. The largest absolute Gasteiger partial charge is 0.481 e. The van der Waals surface area contributed by atoms with Gasteiger partial charge in [0.15, 0.2) is 0 Å². The second-order valence-electron chi connectivity index (χ2n) is 3.67. The molecular formula is C11H15N3O2. The molecule has 2 aromatic rings. The zero-order chi connectivity index (χ0) is 12.1. The van der Waals surface area contributed by atoms with Gasteiger partial charge in [-0.05, 0) is 12.1 Å². The van der Waals surface area contributed by atoms with E-state index in [0.29, 0.717) is 0 Å². The molecule has 0 saturated carbocycles. The SMILES string of the molecule is CC(C)C(=O)O.Nc1cccc2[nH]ncc12. The summed E-state index contributed by atoms with van der Waals surface area (Å²) in [5.41, 5.74) is 7.40. The summed E-state index contributed by atoms with van der Waals surface area (Å²) in [7, 11) is 0. The minimum absolute atomic E-state index is 0.231. The number of aromatic amines is 1. The van der Waals surface area contributed by atoms with Crippen molar-refractivity contribution in [3.8, 4) is 0 Å². The zero-order valence-corrected chi connectivity index (χ0v) is 9.27. The number of carboxylic acids is 1. The molecule has 86 valence electrons. The van der Waals surface area contributed by atoms with Crippen molar-refractivity contribution < 1.29 is 9.90 Å². The van der Waals surface area contributed by atoms with Gasteiger partial charge in [-0.3, -0.25) is 9.89 Å². The number of hydrogen-bond acceptors (Lipinski definition) is 3. The van der Waals surface area contributed by atoms with Gasteiger partial charge in [0.1, 0.15) is 0 Å². The van der Waals surface area contributed by atoms with E-state index in [4.69, 9.17) is 10.8 Å². The average molecular weight is 221 g/mol. The molecule has 0 spiro atoms. The summed E-state index contributed by atoms with van der Waals surface area (Å²) in [5.74, 6) is -0.972. The third-order valence-electron chi connectivity index (χ3n) is 2.01. The first-order valence-electron chi connectivity index (χ1n) is 4.92. The Labute approximate surface area is 93.3 Å². The van der Waals surface area contributed by atoms with Gasteiger partial charge in [0.2, 0.25) is 0 Å². The Kier molecular flexibility index (Phi) is 3.88. The van der Waals surface area contributed by atoms with E-state index in [2.05, 4.69) is 10.2 Å². The van der Waals surface area contributed by atoms with Crippen molar-refractivity contribution in [3.63, 3.8) is 0 Å². The molecule has 0 saturated heterocycles. The number of aliphatic carboxylic acids is 1. The molecule has 5 heteroatoms. The lowest BCUT2D eigenvalue weighted by molar-refractivity contribution is -0.140. The van der Waals surface area contributed by atoms with Crippen LogP contribution in [-0.2, 0) is 4.79 Å². The number of rotatable bonds is 1. The van der Waals surface area contributed by atoms with Crippen molar-refractivity contribution in [2.45, 2.75) is 13.8 Å². The molecule has 0 amide bonds. The van der Waals surface area contributed by atoms with Gasteiger partial charge in [0, 0.05) is 11.1 Å². The van der Waals surface area contributed by atoms with E-state index < -0.39 is 5.97 Å². The van der Waals surface area contributed by atoms with Crippen molar-refractivity contribution >= 4 is 22.6 Å². The Morgan fingerprint density at radius 1 is 1.50 bits per heavy atom. The van der Waals surface area contributed by atoms with Gasteiger partial charge in [0.25, 0.3) is 0 Å². The summed E-state index contributed by atoms with van der Waals surface area (Å²) in [5, 5.41) is 15.7. The van der Waals surface area contributed by atoms with Gasteiger partial charge in [0.05, 0.1) is 17.6 Å². The Morgan fingerprint density at radius 2 is 2.12 bits per heavy atom. The van der Waals surface area contributed by atoms with Gasteiger partial charge in [-0.25, -0.2) is 0 Å². The summed E-state index contributed by atoms with van der Waals surface area (Å²) in [4.78, 5) is 9.70. The van der Waals surface area contributed by atoms with Crippen molar-refractivity contribution in [3.05, 3.63) is 24.4 Å². The molecular weight excluding hydrogens is 206 g/mol. The van der Waals surface area contributed by atoms with Crippen LogP contribution < -0.4 is 5.73 Å². The molecule has 0 radical (unpaired) electrons.